The molecule has 0 aliphatic carbocycles. The molecule has 17 heavy (non-hydrogen) atoms. The highest BCUT2D eigenvalue weighted by atomic mass is 16.1. The summed E-state index contributed by atoms with van der Waals surface area (Å²) in [5.41, 5.74) is 19.9. The Kier molecular flexibility index (Phi) is 2.70. The third-order valence-electron chi connectivity index (χ3n) is 2.53. The fraction of sp³-hybridized carbons (Fsp3) is 0. The Morgan fingerprint density at radius 1 is 0.882 bits per heavy atom. The minimum absolute atomic E-state index is 0.448. The Labute approximate surface area is 99.0 Å². The number of anilines is 2. The van der Waals surface area contributed by atoms with Crippen LogP contribution in [-0.4, -0.2) is 5.91 Å². The van der Waals surface area contributed by atoms with Crippen molar-refractivity contribution in [3.8, 4) is 11.1 Å². The molecule has 2 rings (SSSR count). The zero-order valence-corrected chi connectivity index (χ0v) is 9.18. The van der Waals surface area contributed by atoms with Crippen molar-refractivity contribution in [2.75, 3.05) is 11.5 Å². The summed E-state index contributed by atoms with van der Waals surface area (Å²) in [5, 5.41) is 0. The molecule has 0 aromatic heterocycles. The summed E-state index contributed by atoms with van der Waals surface area (Å²) >= 11 is 0. The van der Waals surface area contributed by atoms with Gasteiger partial charge in [-0.1, -0.05) is 12.1 Å². The number of hydrogen-bond acceptors (Lipinski definition) is 3. The van der Waals surface area contributed by atoms with Crippen molar-refractivity contribution < 1.29 is 4.79 Å². The highest BCUT2D eigenvalue weighted by Crippen LogP contribution is 2.26. The lowest BCUT2D eigenvalue weighted by molar-refractivity contribution is 0.100. The first-order valence-electron chi connectivity index (χ1n) is 5.13. The lowest BCUT2D eigenvalue weighted by atomic mass is 9.98. The van der Waals surface area contributed by atoms with Crippen LogP contribution in [-0.2, 0) is 0 Å². The van der Waals surface area contributed by atoms with E-state index in [1.165, 1.54) is 0 Å². The zero-order valence-electron chi connectivity index (χ0n) is 9.18. The quantitative estimate of drug-likeness (QED) is 0.680. The molecule has 0 radical (unpaired) electrons. The number of primary amides is 1. The fourth-order valence-corrected chi connectivity index (χ4v) is 1.68. The van der Waals surface area contributed by atoms with Gasteiger partial charge in [0.2, 0.25) is 5.91 Å². The summed E-state index contributed by atoms with van der Waals surface area (Å²) < 4.78 is 0. The molecular formula is C13H13N3O. The molecule has 2 aromatic carbocycles. The molecule has 0 aliphatic rings. The van der Waals surface area contributed by atoms with Crippen molar-refractivity contribution in [2.24, 2.45) is 5.73 Å². The third-order valence-corrected chi connectivity index (χ3v) is 2.53. The normalized spacial score (nSPS) is 10.1. The van der Waals surface area contributed by atoms with Gasteiger partial charge in [0, 0.05) is 16.9 Å². The van der Waals surface area contributed by atoms with Gasteiger partial charge >= 0.3 is 0 Å². The summed E-state index contributed by atoms with van der Waals surface area (Å²) in [5.74, 6) is -0.475. The van der Waals surface area contributed by atoms with E-state index >= 15 is 0 Å². The summed E-state index contributed by atoms with van der Waals surface area (Å²) in [6.45, 7) is 0. The van der Waals surface area contributed by atoms with Gasteiger partial charge in [-0.05, 0) is 41.5 Å². The number of benzene rings is 2. The van der Waals surface area contributed by atoms with Crippen molar-refractivity contribution in [1.29, 1.82) is 0 Å². The number of hydrogen-bond donors (Lipinski definition) is 3. The second kappa shape index (κ2) is 4.17. The number of carbonyl (C=O) groups excluding carboxylic acids is 1. The molecular weight excluding hydrogens is 214 g/mol. The van der Waals surface area contributed by atoms with Crippen LogP contribution in [0.2, 0.25) is 0 Å². The predicted octanol–water partition coefficient (Wildman–Crippen LogP) is 1.62. The molecule has 0 aliphatic heterocycles. The van der Waals surface area contributed by atoms with Crippen LogP contribution in [0, 0.1) is 0 Å². The Morgan fingerprint density at radius 2 is 1.47 bits per heavy atom. The van der Waals surface area contributed by atoms with Crippen LogP contribution in [0.1, 0.15) is 10.4 Å². The predicted molar refractivity (Wildman–Crippen MR) is 69.2 cm³/mol. The van der Waals surface area contributed by atoms with E-state index in [0.717, 1.165) is 11.1 Å². The largest absolute Gasteiger partial charge is 0.399 e. The summed E-state index contributed by atoms with van der Waals surface area (Å²) in [4.78, 5) is 11.3. The van der Waals surface area contributed by atoms with Gasteiger partial charge in [-0.25, -0.2) is 0 Å². The van der Waals surface area contributed by atoms with Crippen LogP contribution < -0.4 is 17.2 Å². The summed E-state index contributed by atoms with van der Waals surface area (Å²) in [7, 11) is 0. The van der Waals surface area contributed by atoms with Gasteiger partial charge in [0.05, 0.1) is 0 Å². The molecule has 4 nitrogen and oxygen atoms in total. The maximum absolute atomic E-state index is 11.3. The van der Waals surface area contributed by atoms with Gasteiger partial charge in [-0.2, -0.15) is 0 Å². The van der Waals surface area contributed by atoms with E-state index in [1.807, 2.05) is 12.1 Å². The van der Waals surface area contributed by atoms with Crippen molar-refractivity contribution in [1.82, 2.24) is 0 Å². The number of carbonyl (C=O) groups is 1. The molecule has 0 saturated carbocycles. The monoisotopic (exact) mass is 227 g/mol. The molecule has 86 valence electrons. The van der Waals surface area contributed by atoms with Gasteiger partial charge in [0.15, 0.2) is 0 Å². The van der Waals surface area contributed by atoms with Crippen LogP contribution in [0.3, 0.4) is 0 Å². The minimum atomic E-state index is -0.475. The number of nitrogen functional groups attached to an aromatic ring is 2. The van der Waals surface area contributed by atoms with Crippen LogP contribution in [0.5, 0.6) is 0 Å². The molecule has 0 atom stereocenters. The molecule has 0 unspecified atom stereocenters. The average Bonchev–Trinajstić information content (AvgIpc) is 2.29. The van der Waals surface area contributed by atoms with E-state index in [9.17, 15) is 4.79 Å². The molecule has 0 heterocycles. The molecule has 6 N–H and O–H groups in total. The van der Waals surface area contributed by atoms with Gasteiger partial charge in [0.25, 0.3) is 0 Å². The van der Waals surface area contributed by atoms with Gasteiger partial charge in [0.1, 0.15) is 0 Å². The Morgan fingerprint density at radius 3 is 2.06 bits per heavy atom. The third kappa shape index (κ3) is 2.20. The topological polar surface area (TPSA) is 95.1 Å². The molecule has 2 aromatic rings. The van der Waals surface area contributed by atoms with Gasteiger partial charge in [-0.3, -0.25) is 4.79 Å². The molecule has 1 amide bonds. The van der Waals surface area contributed by atoms with Crippen LogP contribution in [0.15, 0.2) is 42.5 Å². The Balaban J connectivity index is 2.60. The van der Waals surface area contributed by atoms with Crippen LogP contribution in [0.4, 0.5) is 11.4 Å². The number of rotatable bonds is 2. The maximum Gasteiger partial charge on any atom is 0.249 e. The first-order chi connectivity index (χ1) is 8.08. The van der Waals surface area contributed by atoms with E-state index in [-0.39, 0.29) is 0 Å². The molecule has 0 fully saturated rings. The van der Waals surface area contributed by atoms with Crippen molar-refractivity contribution in [3.05, 3.63) is 48.0 Å². The van der Waals surface area contributed by atoms with E-state index in [4.69, 9.17) is 17.2 Å². The SMILES string of the molecule is NC(=O)c1ccc(N)cc1-c1ccc(N)cc1. The summed E-state index contributed by atoms with van der Waals surface area (Å²) in [6, 6.07) is 12.2. The van der Waals surface area contributed by atoms with Crippen molar-refractivity contribution in [2.45, 2.75) is 0 Å². The second-order valence-electron chi connectivity index (χ2n) is 3.79. The lowest BCUT2D eigenvalue weighted by Gasteiger charge is -2.08. The molecule has 4 heteroatoms. The van der Waals surface area contributed by atoms with E-state index in [1.54, 1.807) is 30.3 Å². The highest BCUT2D eigenvalue weighted by Gasteiger charge is 2.10. The van der Waals surface area contributed by atoms with Crippen molar-refractivity contribution in [3.63, 3.8) is 0 Å². The average molecular weight is 227 g/mol. The van der Waals surface area contributed by atoms with Gasteiger partial charge in [-0.15, -0.1) is 0 Å². The highest BCUT2D eigenvalue weighted by molar-refractivity contribution is 6.00. The minimum Gasteiger partial charge on any atom is -0.399 e. The number of amides is 1. The standard InChI is InChI=1S/C13H13N3O/c14-9-3-1-8(2-4-9)12-7-10(15)5-6-11(12)13(16)17/h1-7H,14-15H2,(H2,16,17). The smallest absolute Gasteiger partial charge is 0.249 e. The van der Waals surface area contributed by atoms with Crippen LogP contribution in [0.25, 0.3) is 11.1 Å². The number of nitrogens with two attached hydrogens (primary N) is 3. The fourth-order valence-electron chi connectivity index (χ4n) is 1.68. The van der Waals surface area contributed by atoms with E-state index in [2.05, 4.69) is 0 Å². The van der Waals surface area contributed by atoms with Gasteiger partial charge < -0.3 is 17.2 Å². The molecule has 0 bridgehead atoms. The van der Waals surface area contributed by atoms with E-state index in [0.29, 0.717) is 16.9 Å². The Bertz CT molecular complexity index is 561. The van der Waals surface area contributed by atoms with E-state index < -0.39 is 5.91 Å². The van der Waals surface area contributed by atoms with Crippen molar-refractivity contribution >= 4 is 17.3 Å². The zero-order chi connectivity index (χ0) is 12.4. The second-order valence-corrected chi connectivity index (χ2v) is 3.79. The maximum atomic E-state index is 11.3. The first kappa shape index (κ1) is 11.0. The first-order valence-corrected chi connectivity index (χ1v) is 5.13. The molecule has 0 saturated heterocycles. The molecule has 0 spiro atoms. The Hall–Kier alpha value is -2.49. The summed E-state index contributed by atoms with van der Waals surface area (Å²) in [6.07, 6.45) is 0. The lowest BCUT2D eigenvalue weighted by Crippen LogP contribution is -2.12. The van der Waals surface area contributed by atoms with Crippen LogP contribution >= 0.6 is 0 Å².